The van der Waals surface area contributed by atoms with Gasteiger partial charge in [0.15, 0.2) is 0 Å². The molecule has 162 valence electrons. The lowest BCUT2D eigenvalue weighted by Crippen LogP contribution is -2.34. The van der Waals surface area contributed by atoms with Gasteiger partial charge in [0, 0.05) is 12.7 Å². The predicted octanol–water partition coefficient (Wildman–Crippen LogP) is 5.21. The van der Waals surface area contributed by atoms with Crippen LogP contribution in [0.3, 0.4) is 0 Å². The molecule has 0 unspecified atom stereocenters. The highest BCUT2D eigenvalue weighted by molar-refractivity contribution is 5.86. The molecule has 2 aromatic carbocycles. The molecule has 0 aliphatic heterocycles. The smallest absolute Gasteiger partial charge is 0.315 e. The van der Waals surface area contributed by atoms with Gasteiger partial charge in [0.05, 0.1) is 29.7 Å². The van der Waals surface area contributed by atoms with E-state index < -0.39 is 0 Å². The molecule has 0 spiro atoms. The van der Waals surface area contributed by atoms with Crippen molar-refractivity contribution in [1.82, 2.24) is 25.4 Å². The van der Waals surface area contributed by atoms with Crippen LogP contribution < -0.4 is 10.6 Å². The maximum absolute atomic E-state index is 12.5. The first kappa shape index (κ1) is 20.2. The molecule has 6 nitrogen and oxygen atoms in total. The van der Waals surface area contributed by atoms with Gasteiger partial charge in [-0.1, -0.05) is 61.4 Å². The summed E-state index contributed by atoms with van der Waals surface area (Å²) >= 11 is 0. The van der Waals surface area contributed by atoms with Crippen molar-refractivity contribution in [2.24, 2.45) is 0 Å². The van der Waals surface area contributed by atoms with Crippen LogP contribution in [-0.4, -0.2) is 20.8 Å². The van der Waals surface area contributed by atoms with E-state index in [0.29, 0.717) is 19.1 Å². The topological polar surface area (TPSA) is 71.8 Å². The minimum atomic E-state index is -0.201. The SMILES string of the molecule is O=C(NCc1cc(-c2ccccn2)n(C2CCCC2)n1)NCc1cccc2ccccc12. The Labute approximate surface area is 187 Å². The second-order valence-electron chi connectivity index (χ2n) is 8.29. The lowest BCUT2D eigenvalue weighted by atomic mass is 10.0. The first-order valence-electron chi connectivity index (χ1n) is 11.3. The number of fused-ring (bicyclic) bond motifs is 1. The second kappa shape index (κ2) is 9.22. The number of nitrogens with one attached hydrogen (secondary N) is 2. The predicted molar refractivity (Wildman–Crippen MR) is 126 cm³/mol. The van der Waals surface area contributed by atoms with E-state index in [-0.39, 0.29) is 6.03 Å². The highest BCUT2D eigenvalue weighted by Crippen LogP contribution is 2.33. The van der Waals surface area contributed by atoms with Gasteiger partial charge in [-0.25, -0.2) is 4.79 Å². The van der Waals surface area contributed by atoms with E-state index in [0.717, 1.165) is 40.9 Å². The van der Waals surface area contributed by atoms with Gasteiger partial charge in [0.2, 0.25) is 0 Å². The van der Waals surface area contributed by atoms with Crippen LogP contribution in [0, 0.1) is 0 Å². The lowest BCUT2D eigenvalue weighted by Gasteiger charge is -2.13. The number of amides is 2. The van der Waals surface area contributed by atoms with Crippen LogP contribution in [0.5, 0.6) is 0 Å². The van der Waals surface area contributed by atoms with E-state index in [1.54, 1.807) is 6.20 Å². The lowest BCUT2D eigenvalue weighted by molar-refractivity contribution is 0.240. The molecule has 2 aromatic heterocycles. The zero-order valence-corrected chi connectivity index (χ0v) is 18.0. The third-order valence-electron chi connectivity index (χ3n) is 6.13. The maximum atomic E-state index is 12.5. The first-order valence-corrected chi connectivity index (χ1v) is 11.3. The Kier molecular flexibility index (Phi) is 5.83. The van der Waals surface area contributed by atoms with E-state index >= 15 is 0 Å². The Balaban J connectivity index is 1.25. The molecule has 5 rings (SSSR count). The number of hydrogen-bond acceptors (Lipinski definition) is 3. The Hall–Kier alpha value is -3.67. The number of aromatic nitrogens is 3. The fourth-order valence-electron chi connectivity index (χ4n) is 4.52. The van der Waals surface area contributed by atoms with Crippen LogP contribution in [0.4, 0.5) is 4.79 Å². The van der Waals surface area contributed by atoms with E-state index in [1.165, 1.54) is 18.2 Å². The summed E-state index contributed by atoms with van der Waals surface area (Å²) in [4.78, 5) is 17.0. The number of hydrogen-bond donors (Lipinski definition) is 2. The average molecular weight is 426 g/mol. The molecule has 0 atom stereocenters. The van der Waals surface area contributed by atoms with Crippen LogP contribution >= 0.6 is 0 Å². The van der Waals surface area contributed by atoms with Crippen LogP contribution in [0.15, 0.2) is 72.9 Å². The number of nitrogens with zero attached hydrogens (tertiary/aromatic N) is 3. The molecule has 6 heteroatoms. The third-order valence-corrected chi connectivity index (χ3v) is 6.13. The van der Waals surface area contributed by atoms with E-state index in [4.69, 9.17) is 5.10 Å². The number of carbonyl (C=O) groups is 1. The monoisotopic (exact) mass is 425 g/mol. The highest BCUT2D eigenvalue weighted by Gasteiger charge is 2.22. The Bertz CT molecular complexity index is 1210. The van der Waals surface area contributed by atoms with Crippen molar-refractivity contribution in [2.45, 2.75) is 44.8 Å². The van der Waals surface area contributed by atoms with Gasteiger partial charge in [0.25, 0.3) is 0 Å². The Morgan fingerprint density at radius 1 is 0.938 bits per heavy atom. The summed E-state index contributed by atoms with van der Waals surface area (Å²) in [5.74, 6) is 0. The minimum Gasteiger partial charge on any atom is -0.334 e. The molecular formula is C26H27N5O. The number of benzene rings is 2. The number of carbonyl (C=O) groups excluding carboxylic acids is 1. The van der Waals surface area contributed by atoms with Gasteiger partial charge in [-0.2, -0.15) is 5.10 Å². The molecule has 0 bridgehead atoms. The highest BCUT2D eigenvalue weighted by atomic mass is 16.2. The summed E-state index contributed by atoms with van der Waals surface area (Å²) in [5.41, 5.74) is 3.88. The second-order valence-corrected chi connectivity index (χ2v) is 8.29. The minimum absolute atomic E-state index is 0.201. The summed E-state index contributed by atoms with van der Waals surface area (Å²) in [6.07, 6.45) is 6.55. The molecule has 0 radical (unpaired) electrons. The molecule has 1 saturated carbocycles. The largest absolute Gasteiger partial charge is 0.334 e. The standard InChI is InChI=1S/C26H27N5O/c32-26(28-17-20-10-7-9-19-8-1-4-13-23(19)20)29-18-21-16-25(24-14-5-6-15-27-24)31(30-21)22-11-2-3-12-22/h1,4-10,13-16,22H,2-3,11-12,17-18H2,(H2,28,29,32). The molecule has 0 saturated heterocycles. The van der Waals surface area contributed by atoms with Crippen molar-refractivity contribution in [3.05, 3.63) is 84.2 Å². The van der Waals surface area contributed by atoms with Gasteiger partial charge in [0.1, 0.15) is 0 Å². The first-order chi connectivity index (χ1) is 15.8. The molecule has 4 aromatic rings. The number of rotatable bonds is 6. The Morgan fingerprint density at radius 2 is 1.72 bits per heavy atom. The van der Waals surface area contributed by atoms with Gasteiger partial charge in [-0.15, -0.1) is 0 Å². The molecule has 2 amide bonds. The van der Waals surface area contributed by atoms with Crippen molar-refractivity contribution in [3.63, 3.8) is 0 Å². The van der Waals surface area contributed by atoms with Crippen molar-refractivity contribution < 1.29 is 4.79 Å². The number of pyridine rings is 1. The zero-order chi connectivity index (χ0) is 21.8. The van der Waals surface area contributed by atoms with Gasteiger partial charge < -0.3 is 10.6 Å². The van der Waals surface area contributed by atoms with Gasteiger partial charge >= 0.3 is 6.03 Å². The molecule has 2 heterocycles. The fourth-order valence-corrected chi connectivity index (χ4v) is 4.52. The molecule has 2 N–H and O–H groups in total. The van der Waals surface area contributed by atoms with E-state index in [9.17, 15) is 4.79 Å². The van der Waals surface area contributed by atoms with Crippen molar-refractivity contribution in [1.29, 1.82) is 0 Å². The quantitative estimate of drug-likeness (QED) is 0.445. The third kappa shape index (κ3) is 4.35. The van der Waals surface area contributed by atoms with Gasteiger partial charge in [-0.3, -0.25) is 9.67 Å². The zero-order valence-electron chi connectivity index (χ0n) is 18.0. The van der Waals surface area contributed by atoms with Crippen LogP contribution in [0.1, 0.15) is 43.0 Å². The van der Waals surface area contributed by atoms with Crippen LogP contribution in [-0.2, 0) is 13.1 Å². The van der Waals surface area contributed by atoms with Crippen molar-refractivity contribution in [2.75, 3.05) is 0 Å². The maximum Gasteiger partial charge on any atom is 0.315 e. The molecular weight excluding hydrogens is 398 g/mol. The number of urea groups is 1. The molecule has 1 fully saturated rings. The molecule has 1 aliphatic carbocycles. The van der Waals surface area contributed by atoms with E-state index in [1.807, 2.05) is 48.5 Å². The summed E-state index contributed by atoms with van der Waals surface area (Å²) in [6, 6.07) is 22.5. The Morgan fingerprint density at radius 3 is 2.56 bits per heavy atom. The summed E-state index contributed by atoms with van der Waals surface area (Å²) < 4.78 is 2.11. The normalized spacial score (nSPS) is 14.0. The summed E-state index contributed by atoms with van der Waals surface area (Å²) in [5, 5.41) is 13.1. The van der Waals surface area contributed by atoms with Crippen LogP contribution in [0.2, 0.25) is 0 Å². The fraction of sp³-hybridized carbons (Fsp3) is 0.269. The van der Waals surface area contributed by atoms with Crippen LogP contribution in [0.25, 0.3) is 22.2 Å². The summed E-state index contributed by atoms with van der Waals surface area (Å²) in [6.45, 7) is 0.851. The molecule has 1 aliphatic rings. The molecule has 32 heavy (non-hydrogen) atoms. The van der Waals surface area contributed by atoms with Crippen molar-refractivity contribution >= 4 is 16.8 Å². The van der Waals surface area contributed by atoms with Gasteiger partial charge in [-0.05, 0) is 47.4 Å². The van der Waals surface area contributed by atoms with Crippen molar-refractivity contribution in [3.8, 4) is 11.4 Å². The summed E-state index contributed by atoms with van der Waals surface area (Å²) in [7, 11) is 0. The average Bonchev–Trinajstić information content (AvgIpc) is 3.52. The van der Waals surface area contributed by atoms with E-state index in [2.05, 4.69) is 38.5 Å².